The van der Waals surface area contributed by atoms with Crippen LogP contribution in [-0.4, -0.2) is 26.6 Å². The first-order chi connectivity index (χ1) is 15.2. The summed E-state index contributed by atoms with van der Waals surface area (Å²) in [6, 6.07) is 23.5. The van der Waals surface area contributed by atoms with Crippen molar-refractivity contribution in [2.24, 2.45) is 0 Å². The molecule has 5 nitrogen and oxygen atoms in total. The Balaban J connectivity index is 1.61. The Labute approximate surface area is 185 Å². The molecule has 158 valence electrons. The molecule has 0 saturated carbocycles. The van der Waals surface area contributed by atoms with Gasteiger partial charge in [0.1, 0.15) is 5.75 Å². The summed E-state index contributed by atoms with van der Waals surface area (Å²) in [4.78, 5) is 15.8. The number of unbranched alkanes of at least 4 members (excludes halogenated alkanes) is 1. The fourth-order valence-corrected chi connectivity index (χ4v) is 4.58. The number of benzene rings is 3. The van der Waals surface area contributed by atoms with E-state index in [1.807, 2.05) is 36.4 Å². The molecule has 0 aliphatic heterocycles. The van der Waals surface area contributed by atoms with Crippen LogP contribution in [0.3, 0.4) is 0 Å². The van der Waals surface area contributed by atoms with Gasteiger partial charge in [-0.25, -0.2) is 9.78 Å². The van der Waals surface area contributed by atoms with Crippen molar-refractivity contribution in [2.75, 3.05) is 5.75 Å². The topological polar surface area (TPSA) is 64.4 Å². The molecule has 1 heterocycles. The highest BCUT2D eigenvalue weighted by Crippen LogP contribution is 2.31. The Morgan fingerprint density at radius 1 is 1.03 bits per heavy atom. The molecule has 0 fully saturated rings. The highest BCUT2D eigenvalue weighted by Gasteiger charge is 2.13. The molecule has 0 unspecified atom stereocenters. The highest BCUT2D eigenvalue weighted by atomic mass is 32.2. The van der Waals surface area contributed by atoms with Crippen LogP contribution in [0.2, 0.25) is 0 Å². The Bertz CT molecular complexity index is 1190. The number of imidazole rings is 1. The van der Waals surface area contributed by atoms with Crippen LogP contribution in [0.5, 0.6) is 5.75 Å². The number of nitrogens with zero attached hydrogens (tertiary/aromatic N) is 2. The van der Waals surface area contributed by atoms with Gasteiger partial charge in [0.15, 0.2) is 5.16 Å². The molecule has 3 aromatic carbocycles. The van der Waals surface area contributed by atoms with Crippen LogP contribution in [0.1, 0.15) is 25.3 Å². The first kappa shape index (κ1) is 21.0. The maximum absolute atomic E-state index is 11.0. The first-order valence-electron chi connectivity index (χ1n) is 10.3. The van der Waals surface area contributed by atoms with E-state index in [1.54, 1.807) is 23.9 Å². The van der Waals surface area contributed by atoms with Crippen LogP contribution in [0.4, 0.5) is 4.79 Å². The van der Waals surface area contributed by atoms with Crippen molar-refractivity contribution >= 4 is 29.0 Å². The van der Waals surface area contributed by atoms with Gasteiger partial charge in [-0.1, -0.05) is 79.7 Å². The lowest BCUT2D eigenvalue weighted by atomic mass is 10.0. The van der Waals surface area contributed by atoms with Gasteiger partial charge in [0.2, 0.25) is 0 Å². The number of hydrogen-bond acceptors (Lipinski definition) is 4. The van der Waals surface area contributed by atoms with Crippen LogP contribution in [0.15, 0.2) is 78.0 Å². The zero-order chi connectivity index (χ0) is 21.6. The Kier molecular flexibility index (Phi) is 6.57. The second kappa shape index (κ2) is 9.71. The molecule has 1 aromatic heterocycles. The van der Waals surface area contributed by atoms with Gasteiger partial charge < -0.3 is 14.4 Å². The Hall–Kier alpha value is -3.25. The van der Waals surface area contributed by atoms with E-state index in [0.717, 1.165) is 45.2 Å². The van der Waals surface area contributed by atoms with E-state index in [1.165, 1.54) is 12.8 Å². The maximum atomic E-state index is 11.0. The smallest absolute Gasteiger partial charge is 0.449 e. The average molecular weight is 433 g/mol. The van der Waals surface area contributed by atoms with Crippen molar-refractivity contribution in [2.45, 2.75) is 31.5 Å². The summed E-state index contributed by atoms with van der Waals surface area (Å²) in [5.74, 6) is 1.39. The van der Waals surface area contributed by atoms with Gasteiger partial charge in [-0.2, -0.15) is 0 Å². The van der Waals surface area contributed by atoms with Crippen molar-refractivity contribution in [3.8, 4) is 16.9 Å². The summed E-state index contributed by atoms with van der Waals surface area (Å²) < 4.78 is 7.20. The summed E-state index contributed by atoms with van der Waals surface area (Å²) in [5.41, 5.74) is 4.96. The molecule has 0 atom stereocenters. The molecule has 4 rings (SSSR count). The quantitative estimate of drug-likeness (QED) is 0.145. The predicted octanol–water partition coefficient (Wildman–Crippen LogP) is 6.70. The molecule has 4 aromatic rings. The third-order valence-corrected chi connectivity index (χ3v) is 6.10. The lowest BCUT2D eigenvalue weighted by molar-refractivity contribution is 0.144. The third kappa shape index (κ3) is 4.91. The van der Waals surface area contributed by atoms with Crippen LogP contribution in [0.25, 0.3) is 22.2 Å². The van der Waals surface area contributed by atoms with E-state index in [4.69, 9.17) is 14.8 Å². The van der Waals surface area contributed by atoms with Gasteiger partial charge in [-0.15, -0.1) is 0 Å². The van der Waals surface area contributed by atoms with E-state index < -0.39 is 6.16 Å². The minimum atomic E-state index is -1.32. The van der Waals surface area contributed by atoms with Gasteiger partial charge in [0, 0.05) is 11.3 Å². The fourth-order valence-electron chi connectivity index (χ4n) is 3.48. The van der Waals surface area contributed by atoms with Crippen molar-refractivity contribution in [3.63, 3.8) is 0 Å². The van der Waals surface area contributed by atoms with Crippen LogP contribution in [-0.2, 0) is 6.54 Å². The van der Waals surface area contributed by atoms with E-state index >= 15 is 0 Å². The number of aromatic nitrogens is 2. The minimum Gasteiger partial charge on any atom is -0.449 e. The van der Waals surface area contributed by atoms with Crippen molar-refractivity contribution in [3.05, 3.63) is 78.4 Å². The molecule has 0 amide bonds. The largest absolute Gasteiger partial charge is 0.511 e. The summed E-state index contributed by atoms with van der Waals surface area (Å²) in [6.07, 6.45) is 1.02. The molecule has 0 aliphatic rings. The van der Waals surface area contributed by atoms with Crippen LogP contribution < -0.4 is 4.74 Å². The number of para-hydroxylation sites is 3. The van der Waals surface area contributed by atoms with E-state index in [9.17, 15) is 4.79 Å². The molecule has 0 saturated heterocycles. The number of fused-ring (bicyclic) bond motifs is 1. The van der Waals surface area contributed by atoms with Crippen molar-refractivity contribution in [1.29, 1.82) is 0 Å². The monoisotopic (exact) mass is 432 g/mol. The molecule has 31 heavy (non-hydrogen) atoms. The standard InChI is InChI=1S/C25H24N2O3S/c1-2-3-16-31-24-26-21-9-5-6-10-22(21)27(24)17-18-12-14-19(15-13-18)20-8-4-7-11-23(20)30-25(28)29/h4-15H,2-3,16-17H2,1H3,(H,28,29). The number of thioether (sulfide) groups is 1. The third-order valence-electron chi connectivity index (χ3n) is 5.04. The zero-order valence-corrected chi connectivity index (χ0v) is 18.1. The number of carbonyl (C=O) groups is 1. The molecular weight excluding hydrogens is 408 g/mol. The van der Waals surface area contributed by atoms with E-state index in [-0.39, 0.29) is 0 Å². The van der Waals surface area contributed by atoms with Gasteiger partial charge in [0.25, 0.3) is 0 Å². The first-order valence-corrected chi connectivity index (χ1v) is 11.3. The summed E-state index contributed by atoms with van der Waals surface area (Å²) >= 11 is 1.80. The molecule has 6 heteroatoms. The number of ether oxygens (including phenoxy) is 1. The summed E-state index contributed by atoms with van der Waals surface area (Å²) in [6.45, 7) is 2.92. The lowest BCUT2D eigenvalue weighted by Gasteiger charge is -2.11. The maximum Gasteiger partial charge on any atom is 0.511 e. The Morgan fingerprint density at radius 3 is 2.55 bits per heavy atom. The Morgan fingerprint density at radius 2 is 1.77 bits per heavy atom. The number of rotatable bonds is 8. The van der Waals surface area contributed by atoms with E-state index in [2.05, 4.69) is 35.8 Å². The normalized spacial score (nSPS) is 11.0. The molecular formula is C25H24N2O3S. The average Bonchev–Trinajstić information content (AvgIpc) is 3.12. The van der Waals surface area contributed by atoms with Crippen LogP contribution >= 0.6 is 11.8 Å². The summed E-state index contributed by atoms with van der Waals surface area (Å²) in [5, 5.41) is 10.0. The van der Waals surface area contributed by atoms with Gasteiger partial charge >= 0.3 is 6.16 Å². The van der Waals surface area contributed by atoms with Crippen LogP contribution in [0, 0.1) is 0 Å². The SMILES string of the molecule is CCCCSc1nc2ccccc2n1Cc1ccc(-c2ccccc2OC(=O)O)cc1. The minimum absolute atomic E-state index is 0.331. The van der Waals surface area contributed by atoms with Gasteiger partial charge in [-0.05, 0) is 35.7 Å². The molecule has 0 radical (unpaired) electrons. The highest BCUT2D eigenvalue weighted by molar-refractivity contribution is 7.99. The second-order valence-electron chi connectivity index (χ2n) is 7.23. The molecule has 0 spiro atoms. The molecule has 1 N–H and O–H groups in total. The van der Waals surface area contributed by atoms with Gasteiger partial charge in [0.05, 0.1) is 17.6 Å². The summed E-state index contributed by atoms with van der Waals surface area (Å²) in [7, 11) is 0. The van der Waals surface area contributed by atoms with Crippen molar-refractivity contribution in [1.82, 2.24) is 9.55 Å². The second-order valence-corrected chi connectivity index (χ2v) is 8.29. The molecule has 0 aliphatic carbocycles. The van der Waals surface area contributed by atoms with E-state index in [0.29, 0.717) is 5.75 Å². The van der Waals surface area contributed by atoms with Gasteiger partial charge in [-0.3, -0.25) is 0 Å². The predicted molar refractivity (Wildman–Crippen MR) is 125 cm³/mol. The molecule has 0 bridgehead atoms. The number of carboxylic acid groups (broad SMARTS) is 1. The van der Waals surface area contributed by atoms with Crippen molar-refractivity contribution < 1.29 is 14.6 Å². The fraction of sp³-hybridized carbons (Fsp3) is 0.200. The lowest BCUT2D eigenvalue weighted by Crippen LogP contribution is -2.04. The zero-order valence-electron chi connectivity index (χ0n) is 17.3. The number of hydrogen-bond donors (Lipinski definition) is 1.